The Kier molecular flexibility index (Phi) is 4.27. The van der Waals surface area contributed by atoms with Gasteiger partial charge in [0.05, 0.1) is 11.0 Å². The third-order valence-electron chi connectivity index (χ3n) is 7.87. The van der Waals surface area contributed by atoms with Crippen LogP contribution < -0.4 is 10.1 Å². The number of ether oxygens (including phenoxy) is 1. The second-order valence-corrected chi connectivity index (χ2v) is 9.09. The van der Waals surface area contributed by atoms with Gasteiger partial charge in [0.15, 0.2) is 11.5 Å². The molecule has 1 aromatic rings. The Morgan fingerprint density at radius 3 is 3.04 bits per heavy atom. The van der Waals surface area contributed by atoms with Gasteiger partial charge in [-0.15, -0.1) is 6.58 Å². The van der Waals surface area contributed by atoms with Gasteiger partial charge >= 0.3 is 0 Å². The van der Waals surface area contributed by atoms with E-state index in [4.69, 9.17) is 4.74 Å². The van der Waals surface area contributed by atoms with E-state index in [1.807, 2.05) is 12.1 Å². The lowest BCUT2D eigenvalue weighted by atomic mass is 9.48. The van der Waals surface area contributed by atoms with Crippen LogP contribution >= 0.6 is 0 Å². The number of likely N-dealkylation sites (tertiary alicyclic amines) is 1. The van der Waals surface area contributed by atoms with Crippen molar-refractivity contribution in [2.75, 3.05) is 19.6 Å². The number of nitrogens with zero attached hydrogens (tertiary/aromatic N) is 1. The quantitative estimate of drug-likeness (QED) is 0.520. The zero-order valence-electron chi connectivity index (χ0n) is 16.8. The number of hydrogen-bond donors (Lipinski definition) is 3. The topological polar surface area (TPSA) is 65.0 Å². The lowest BCUT2D eigenvalue weighted by molar-refractivity contribution is -0.189. The molecule has 2 aliphatic heterocycles. The van der Waals surface area contributed by atoms with E-state index in [0.29, 0.717) is 5.75 Å². The highest BCUT2D eigenvalue weighted by molar-refractivity contribution is 5.62. The number of nitrogens with one attached hydrogen (secondary N) is 1. The molecular formula is C23H32N2O3. The van der Waals surface area contributed by atoms with Crippen LogP contribution in [0.1, 0.15) is 50.2 Å². The largest absolute Gasteiger partial charge is 0.504 e. The smallest absolute Gasteiger partial charge is 0.165 e. The van der Waals surface area contributed by atoms with Gasteiger partial charge in [0, 0.05) is 24.2 Å². The number of phenolic OH excluding ortho intramolecular Hbond substituents is 1. The van der Waals surface area contributed by atoms with E-state index in [-0.39, 0.29) is 23.9 Å². The fourth-order valence-electron chi connectivity index (χ4n) is 6.69. The van der Waals surface area contributed by atoms with Crippen LogP contribution in [0.25, 0.3) is 0 Å². The molecule has 2 heterocycles. The van der Waals surface area contributed by atoms with E-state index in [2.05, 4.69) is 23.7 Å². The molecule has 1 aromatic carbocycles. The van der Waals surface area contributed by atoms with Crippen molar-refractivity contribution in [3.8, 4) is 11.5 Å². The maximum Gasteiger partial charge on any atom is 0.165 e. The number of piperidine rings is 1. The van der Waals surface area contributed by atoms with Gasteiger partial charge in [-0.05, 0) is 56.8 Å². The summed E-state index contributed by atoms with van der Waals surface area (Å²) in [4.78, 5) is 2.40. The predicted octanol–water partition coefficient (Wildman–Crippen LogP) is 2.49. The summed E-state index contributed by atoms with van der Waals surface area (Å²) in [6.45, 7) is 8.82. The summed E-state index contributed by atoms with van der Waals surface area (Å²) in [5.41, 5.74) is 1.07. The normalized spacial score (nSPS) is 38.0. The Labute approximate surface area is 167 Å². The zero-order valence-corrected chi connectivity index (χ0v) is 16.8. The molecule has 152 valence electrons. The third kappa shape index (κ3) is 2.18. The van der Waals surface area contributed by atoms with Gasteiger partial charge in [-0.3, -0.25) is 4.90 Å². The van der Waals surface area contributed by atoms with E-state index in [0.717, 1.165) is 63.7 Å². The van der Waals surface area contributed by atoms with Crippen molar-refractivity contribution in [2.24, 2.45) is 0 Å². The van der Waals surface area contributed by atoms with Crippen molar-refractivity contribution in [1.82, 2.24) is 10.2 Å². The summed E-state index contributed by atoms with van der Waals surface area (Å²) in [5.74, 6) is 0.838. The lowest BCUT2D eigenvalue weighted by Gasteiger charge is -2.64. The molecule has 1 saturated carbocycles. The maximum atomic E-state index is 12.2. The van der Waals surface area contributed by atoms with Crippen LogP contribution in [0.15, 0.2) is 24.8 Å². The number of aliphatic hydroxyl groups is 1. The number of aromatic hydroxyl groups is 1. The molecular weight excluding hydrogens is 352 g/mol. The average molecular weight is 385 g/mol. The zero-order chi connectivity index (χ0) is 19.5. The highest BCUT2D eigenvalue weighted by atomic mass is 16.5. The second-order valence-electron chi connectivity index (χ2n) is 9.09. The summed E-state index contributed by atoms with van der Waals surface area (Å²) in [6.07, 6.45) is 7.44. The molecule has 1 spiro atoms. The number of rotatable bonds is 6. The molecule has 2 aliphatic carbocycles. The lowest BCUT2D eigenvalue weighted by Crippen LogP contribution is -2.78. The van der Waals surface area contributed by atoms with Crippen molar-refractivity contribution < 1.29 is 14.9 Å². The van der Waals surface area contributed by atoms with Gasteiger partial charge in [0.2, 0.25) is 0 Å². The molecule has 5 rings (SSSR count). The summed E-state index contributed by atoms with van der Waals surface area (Å²) in [5, 5.41) is 26.5. The number of unbranched alkanes of at least 4 members (excludes halogenated alkanes) is 1. The van der Waals surface area contributed by atoms with Crippen LogP contribution in [0.4, 0.5) is 0 Å². The number of benzene rings is 1. The standard InChI is InChI=1S/C23H32N2O3/c1-3-5-11-24-16-8-9-23(27)18-14-15-6-7-17(26)20-19(15)22(23,21(16)28-20)10-13-25(18)12-4-2/h4,6-7,16,18,21,24,26-27H,2-3,5,8-14H2,1H3/t16?,18?,21-,22+,23?/m1/s1. The summed E-state index contributed by atoms with van der Waals surface area (Å²) < 4.78 is 6.50. The molecule has 0 radical (unpaired) electrons. The van der Waals surface area contributed by atoms with E-state index < -0.39 is 11.0 Å². The van der Waals surface area contributed by atoms with Crippen LogP contribution in [0.3, 0.4) is 0 Å². The Bertz CT molecular complexity index is 796. The van der Waals surface area contributed by atoms with Crippen molar-refractivity contribution in [2.45, 2.75) is 74.7 Å². The minimum Gasteiger partial charge on any atom is -0.504 e. The highest BCUT2D eigenvalue weighted by Crippen LogP contribution is 2.65. The molecule has 2 bridgehead atoms. The van der Waals surface area contributed by atoms with Gasteiger partial charge < -0.3 is 20.3 Å². The van der Waals surface area contributed by atoms with E-state index >= 15 is 0 Å². The Hall–Kier alpha value is -1.56. The molecule has 0 amide bonds. The first-order valence-electron chi connectivity index (χ1n) is 10.9. The summed E-state index contributed by atoms with van der Waals surface area (Å²) in [7, 11) is 0. The first-order valence-corrected chi connectivity index (χ1v) is 10.9. The Morgan fingerprint density at radius 2 is 2.25 bits per heavy atom. The van der Waals surface area contributed by atoms with Gasteiger partial charge in [-0.2, -0.15) is 0 Å². The van der Waals surface area contributed by atoms with Gasteiger partial charge in [0.25, 0.3) is 0 Å². The average Bonchev–Trinajstić information content (AvgIpc) is 3.03. The summed E-state index contributed by atoms with van der Waals surface area (Å²) >= 11 is 0. The Balaban J connectivity index is 1.63. The molecule has 4 aliphatic rings. The van der Waals surface area contributed by atoms with Gasteiger partial charge in [-0.25, -0.2) is 0 Å². The molecule has 3 unspecified atom stereocenters. The fourth-order valence-corrected chi connectivity index (χ4v) is 6.69. The van der Waals surface area contributed by atoms with Crippen molar-refractivity contribution in [3.05, 3.63) is 35.9 Å². The van der Waals surface area contributed by atoms with Crippen molar-refractivity contribution >= 4 is 0 Å². The molecule has 1 saturated heterocycles. The van der Waals surface area contributed by atoms with E-state index in [1.54, 1.807) is 6.07 Å². The predicted molar refractivity (Wildman–Crippen MR) is 109 cm³/mol. The SMILES string of the molecule is C=CCN1CC[C@]23c4c5ccc(O)c4O[C@@H]2C(NCCCC)CCC3(O)C1C5. The molecule has 5 atom stereocenters. The highest BCUT2D eigenvalue weighted by Gasteiger charge is 2.72. The summed E-state index contributed by atoms with van der Waals surface area (Å²) in [6, 6.07) is 4.08. The van der Waals surface area contributed by atoms with Crippen LogP contribution in [0.5, 0.6) is 11.5 Å². The minimum absolute atomic E-state index is 0.0740. The van der Waals surface area contributed by atoms with Crippen LogP contribution in [0.2, 0.25) is 0 Å². The van der Waals surface area contributed by atoms with Crippen LogP contribution in [-0.4, -0.2) is 58.5 Å². The van der Waals surface area contributed by atoms with E-state index in [9.17, 15) is 10.2 Å². The molecule has 28 heavy (non-hydrogen) atoms. The first kappa shape index (κ1) is 18.5. The maximum absolute atomic E-state index is 12.2. The first-order chi connectivity index (χ1) is 13.6. The molecule has 5 nitrogen and oxygen atoms in total. The fraction of sp³-hybridized carbons (Fsp3) is 0.652. The van der Waals surface area contributed by atoms with E-state index in [1.165, 1.54) is 5.56 Å². The molecule has 2 fully saturated rings. The van der Waals surface area contributed by atoms with Gasteiger partial charge in [-0.1, -0.05) is 25.5 Å². The number of phenols is 1. The van der Waals surface area contributed by atoms with Crippen molar-refractivity contribution in [3.63, 3.8) is 0 Å². The monoisotopic (exact) mass is 384 g/mol. The van der Waals surface area contributed by atoms with Gasteiger partial charge in [0.1, 0.15) is 6.10 Å². The minimum atomic E-state index is -0.825. The molecule has 0 aromatic heterocycles. The Morgan fingerprint density at radius 1 is 1.39 bits per heavy atom. The molecule has 5 heteroatoms. The van der Waals surface area contributed by atoms with Crippen LogP contribution in [0, 0.1) is 0 Å². The number of hydrogen-bond acceptors (Lipinski definition) is 5. The van der Waals surface area contributed by atoms with Crippen molar-refractivity contribution in [1.29, 1.82) is 0 Å². The molecule has 3 N–H and O–H groups in total. The second kappa shape index (κ2) is 6.48. The van der Waals surface area contributed by atoms with Crippen LogP contribution in [-0.2, 0) is 11.8 Å². The third-order valence-corrected chi connectivity index (χ3v) is 7.87.